The molecule has 0 saturated carbocycles. The highest BCUT2D eigenvalue weighted by Crippen LogP contribution is 2.52. The summed E-state index contributed by atoms with van der Waals surface area (Å²) in [5.41, 5.74) is 1.16. The number of hydrogen-bond acceptors (Lipinski definition) is 4. The van der Waals surface area contributed by atoms with Crippen LogP contribution in [0.3, 0.4) is 0 Å². The summed E-state index contributed by atoms with van der Waals surface area (Å²) in [6.07, 6.45) is 7.93. The molecule has 0 radical (unpaired) electrons. The molecule has 2 bridgehead atoms. The van der Waals surface area contributed by atoms with Gasteiger partial charge in [0.05, 0.1) is 30.7 Å². The number of hydrogen-bond donors (Lipinski definition) is 0. The summed E-state index contributed by atoms with van der Waals surface area (Å²) in [5.74, 6) is -1.49. The van der Waals surface area contributed by atoms with E-state index in [1.807, 2.05) is 25.4 Å². The number of likely N-dealkylation sites (N-methyl/N-ethyl adjacent to an activating group) is 1. The topological polar surface area (TPSA) is 67.7 Å². The fourth-order valence-electron chi connectivity index (χ4n) is 5.07. The van der Waals surface area contributed by atoms with Crippen LogP contribution in [-0.2, 0) is 34.3 Å². The molecule has 0 N–H and O–H groups in total. The Hall–Kier alpha value is -3.00. The molecule has 2 fully saturated rings. The Morgan fingerprint density at radius 3 is 2.81 bits per heavy atom. The first kappa shape index (κ1) is 19.9. The normalized spacial score (nSPS) is 28.4. The number of halogens is 1. The fourth-order valence-corrected chi connectivity index (χ4v) is 5.07. The quantitative estimate of drug-likeness (QED) is 0.660. The molecule has 2 aromatic rings. The molecule has 1 aromatic heterocycles. The number of aromatic nitrogens is 2. The number of likely N-dealkylation sites (tertiary alicyclic amines) is 1. The molecule has 4 atom stereocenters. The van der Waals surface area contributed by atoms with Crippen LogP contribution in [0.25, 0.3) is 0 Å². The summed E-state index contributed by atoms with van der Waals surface area (Å²) in [6.45, 7) is 1.33. The maximum Gasteiger partial charge on any atom is 0.230 e. The van der Waals surface area contributed by atoms with Gasteiger partial charge in [0.2, 0.25) is 11.8 Å². The van der Waals surface area contributed by atoms with E-state index in [4.69, 9.17) is 4.74 Å². The molecule has 1 aromatic carbocycles. The molecule has 0 unspecified atom stereocenters. The standard InChI is InChI=1S/C23H25FN4O3/c1-26(10-8-16-11-25-27(2)12-16)21(29)19-18-7-9-23(31-18)14-28(22(30)20(19)23)13-15-3-5-17(24)6-4-15/h3-7,9,11-12,18-20H,8,10,13-14H2,1-2H3/t18-,19-,20+,23-/m0/s1. The molecule has 5 rings (SSSR count). The lowest BCUT2D eigenvalue weighted by atomic mass is 9.76. The van der Waals surface area contributed by atoms with E-state index in [2.05, 4.69) is 5.10 Å². The first-order valence-electron chi connectivity index (χ1n) is 10.5. The van der Waals surface area contributed by atoms with Crippen LogP contribution in [0.1, 0.15) is 11.1 Å². The summed E-state index contributed by atoms with van der Waals surface area (Å²) in [5, 5.41) is 4.16. The molecule has 3 aliphatic heterocycles. The number of nitrogens with zero attached hydrogens (tertiary/aromatic N) is 4. The van der Waals surface area contributed by atoms with Crippen molar-refractivity contribution in [3.8, 4) is 0 Å². The SMILES string of the molecule is CN(CCc1cnn(C)c1)C(=O)[C@H]1[C@@H]2C=C[C@@]3(CN(Cc4ccc(F)cc4)C(=O)[C@@H]13)O2. The van der Waals surface area contributed by atoms with Gasteiger partial charge in [-0.3, -0.25) is 14.3 Å². The molecule has 2 amide bonds. The van der Waals surface area contributed by atoms with Gasteiger partial charge in [0, 0.05) is 33.4 Å². The minimum absolute atomic E-state index is 0.0675. The van der Waals surface area contributed by atoms with Crippen LogP contribution in [0, 0.1) is 17.7 Å². The van der Waals surface area contributed by atoms with Crippen molar-refractivity contribution >= 4 is 11.8 Å². The van der Waals surface area contributed by atoms with Crippen LogP contribution in [0.2, 0.25) is 0 Å². The van der Waals surface area contributed by atoms with Crippen molar-refractivity contribution in [1.82, 2.24) is 19.6 Å². The predicted octanol–water partition coefficient (Wildman–Crippen LogP) is 1.54. The molecule has 7 nitrogen and oxygen atoms in total. The van der Waals surface area contributed by atoms with Gasteiger partial charge in [0.25, 0.3) is 0 Å². The minimum Gasteiger partial charge on any atom is -0.360 e. The lowest BCUT2D eigenvalue weighted by molar-refractivity contribution is -0.142. The summed E-state index contributed by atoms with van der Waals surface area (Å²) in [7, 11) is 3.64. The van der Waals surface area contributed by atoms with Crippen LogP contribution >= 0.6 is 0 Å². The van der Waals surface area contributed by atoms with E-state index >= 15 is 0 Å². The molecule has 4 heterocycles. The fraction of sp³-hybridized carbons (Fsp3) is 0.435. The first-order valence-corrected chi connectivity index (χ1v) is 10.5. The number of amides is 2. The number of aryl methyl sites for hydroxylation is 1. The highest BCUT2D eigenvalue weighted by molar-refractivity contribution is 5.93. The third kappa shape index (κ3) is 3.35. The molecule has 31 heavy (non-hydrogen) atoms. The molecular formula is C23H25FN4O3. The Labute approximate surface area is 180 Å². The van der Waals surface area contributed by atoms with Gasteiger partial charge in [-0.05, 0) is 29.7 Å². The van der Waals surface area contributed by atoms with Crippen molar-refractivity contribution in [2.75, 3.05) is 20.1 Å². The van der Waals surface area contributed by atoms with Crippen molar-refractivity contribution < 1.29 is 18.7 Å². The molecule has 162 valence electrons. The Morgan fingerprint density at radius 1 is 1.32 bits per heavy atom. The number of carbonyl (C=O) groups excluding carboxylic acids is 2. The van der Waals surface area contributed by atoms with Gasteiger partial charge in [0.15, 0.2) is 0 Å². The Kier molecular flexibility index (Phi) is 4.69. The van der Waals surface area contributed by atoms with E-state index in [-0.39, 0.29) is 23.7 Å². The summed E-state index contributed by atoms with van der Waals surface area (Å²) in [4.78, 5) is 30.1. The van der Waals surface area contributed by atoms with Crippen molar-refractivity contribution in [3.05, 3.63) is 65.8 Å². The zero-order chi connectivity index (χ0) is 21.8. The average molecular weight is 424 g/mol. The van der Waals surface area contributed by atoms with Crippen LogP contribution in [-0.4, -0.2) is 63.2 Å². The number of fused-ring (bicyclic) bond motifs is 1. The number of rotatable bonds is 6. The van der Waals surface area contributed by atoms with Crippen LogP contribution in [0.5, 0.6) is 0 Å². The largest absolute Gasteiger partial charge is 0.360 e. The highest BCUT2D eigenvalue weighted by Gasteiger charge is 2.67. The predicted molar refractivity (Wildman–Crippen MR) is 110 cm³/mol. The van der Waals surface area contributed by atoms with Gasteiger partial charge in [-0.1, -0.05) is 24.3 Å². The van der Waals surface area contributed by atoms with E-state index in [1.54, 1.807) is 39.9 Å². The van der Waals surface area contributed by atoms with E-state index in [1.165, 1.54) is 12.1 Å². The van der Waals surface area contributed by atoms with Crippen LogP contribution in [0.4, 0.5) is 4.39 Å². The Bertz CT molecular complexity index is 1050. The second-order valence-electron chi connectivity index (χ2n) is 8.75. The summed E-state index contributed by atoms with van der Waals surface area (Å²) >= 11 is 0. The Balaban J connectivity index is 1.30. The molecule has 1 spiro atoms. The zero-order valence-electron chi connectivity index (χ0n) is 17.6. The third-order valence-electron chi connectivity index (χ3n) is 6.62. The number of benzene rings is 1. The van der Waals surface area contributed by atoms with Crippen molar-refractivity contribution in [2.24, 2.45) is 18.9 Å². The second-order valence-corrected chi connectivity index (χ2v) is 8.75. The number of ether oxygens (including phenoxy) is 1. The van der Waals surface area contributed by atoms with Crippen molar-refractivity contribution in [3.63, 3.8) is 0 Å². The second kappa shape index (κ2) is 7.30. The average Bonchev–Trinajstić information content (AvgIpc) is 3.49. The van der Waals surface area contributed by atoms with Gasteiger partial charge in [-0.25, -0.2) is 4.39 Å². The highest BCUT2D eigenvalue weighted by atomic mass is 19.1. The van der Waals surface area contributed by atoms with Gasteiger partial charge >= 0.3 is 0 Å². The van der Waals surface area contributed by atoms with E-state index in [9.17, 15) is 14.0 Å². The minimum atomic E-state index is -0.744. The lowest BCUT2D eigenvalue weighted by Gasteiger charge is -2.27. The molecule has 3 aliphatic rings. The molecule has 0 aliphatic carbocycles. The summed E-state index contributed by atoms with van der Waals surface area (Å²) < 4.78 is 21.2. The zero-order valence-corrected chi connectivity index (χ0v) is 17.6. The first-order chi connectivity index (χ1) is 14.9. The monoisotopic (exact) mass is 424 g/mol. The van der Waals surface area contributed by atoms with E-state index in [0.717, 1.165) is 11.1 Å². The Morgan fingerprint density at radius 2 is 2.10 bits per heavy atom. The molecular weight excluding hydrogens is 399 g/mol. The van der Waals surface area contributed by atoms with Gasteiger partial charge in [0.1, 0.15) is 11.4 Å². The van der Waals surface area contributed by atoms with Crippen molar-refractivity contribution in [2.45, 2.75) is 24.7 Å². The maximum atomic E-state index is 13.3. The number of carbonyl (C=O) groups is 2. The van der Waals surface area contributed by atoms with Gasteiger partial charge < -0.3 is 14.5 Å². The van der Waals surface area contributed by atoms with E-state index < -0.39 is 17.4 Å². The third-order valence-corrected chi connectivity index (χ3v) is 6.62. The smallest absolute Gasteiger partial charge is 0.230 e. The van der Waals surface area contributed by atoms with Gasteiger partial charge in [-0.15, -0.1) is 0 Å². The van der Waals surface area contributed by atoms with Crippen LogP contribution in [0.15, 0.2) is 48.8 Å². The van der Waals surface area contributed by atoms with E-state index in [0.29, 0.717) is 26.1 Å². The van der Waals surface area contributed by atoms with Gasteiger partial charge in [-0.2, -0.15) is 5.10 Å². The molecule has 8 heteroatoms. The van der Waals surface area contributed by atoms with Crippen LogP contribution < -0.4 is 0 Å². The summed E-state index contributed by atoms with van der Waals surface area (Å²) in [6, 6.07) is 6.13. The lowest BCUT2D eigenvalue weighted by Crippen LogP contribution is -2.45. The maximum absolute atomic E-state index is 13.3. The van der Waals surface area contributed by atoms with Crippen molar-refractivity contribution in [1.29, 1.82) is 0 Å². The molecule has 2 saturated heterocycles.